The van der Waals surface area contributed by atoms with Crippen molar-refractivity contribution in [3.63, 3.8) is 0 Å². The van der Waals surface area contributed by atoms with Crippen molar-refractivity contribution in [1.29, 1.82) is 0 Å². The fraction of sp³-hybridized carbons (Fsp3) is 0.462. The third kappa shape index (κ3) is 1.90. The summed E-state index contributed by atoms with van der Waals surface area (Å²) in [6.45, 7) is 5.10. The highest BCUT2D eigenvalue weighted by Gasteiger charge is 2.35. The Hall–Kier alpha value is -1.51. The fourth-order valence-corrected chi connectivity index (χ4v) is 2.27. The molecule has 86 valence electrons. The zero-order valence-corrected chi connectivity index (χ0v) is 9.86. The van der Waals surface area contributed by atoms with Crippen molar-refractivity contribution < 1.29 is 4.79 Å². The Morgan fingerprint density at radius 3 is 2.44 bits per heavy atom. The van der Waals surface area contributed by atoms with Crippen molar-refractivity contribution in [2.75, 3.05) is 12.3 Å². The first kappa shape index (κ1) is 11.0. The van der Waals surface area contributed by atoms with E-state index in [9.17, 15) is 4.79 Å². The number of hydrogen-bond donors (Lipinski definition) is 1. The van der Waals surface area contributed by atoms with Crippen LogP contribution in [-0.2, 0) is 0 Å². The third-order valence-corrected chi connectivity index (χ3v) is 3.30. The normalized spacial score (nSPS) is 18.8. The summed E-state index contributed by atoms with van der Waals surface area (Å²) >= 11 is 0. The first-order chi connectivity index (χ1) is 7.50. The van der Waals surface area contributed by atoms with Gasteiger partial charge in [-0.25, -0.2) is 0 Å². The van der Waals surface area contributed by atoms with Crippen LogP contribution in [-0.4, -0.2) is 22.9 Å². The summed E-state index contributed by atoms with van der Waals surface area (Å²) in [5.74, 6) is 0.113. The molecule has 1 saturated heterocycles. The van der Waals surface area contributed by atoms with Crippen LogP contribution in [0.3, 0.4) is 0 Å². The Labute approximate surface area is 96.2 Å². The van der Waals surface area contributed by atoms with E-state index in [2.05, 4.69) is 13.8 Å². The zero-order chi connectivity index (χ0) is 11.8. The van der Waals surface area contributed by atoms with Crippen molar-refractivity contribution in [2.24, 2.45) is 0 Å². The first-order valence-corrected chi connectivity index (χ1v) is 5.68. The van der Waals surface area contributed by atoms with E-state index < -0.39 is 0 Å². The number of carbonyl (C=O) groups is 1. The van der Waals surface area contributed by atoms with Crippen LogP contribution >= 0.6 is 0 Å². The van der Waals surface area contributed by atoms with Crippen LogP contribution in [0.25, 0.3) is 0 Å². The molecule has 1 aromatic carbocycles. The second kappa shape index (κ2) is 3.81. The third-order valence-electron chi connectivity index (χ3n) is 3.30. The van der Waals surface area contributed by atoms with Gasteiger partial charge in [0, 0.05) is 23.3 Å². The second-order valence-electron chi connectivity index (χ2n) is 4.99. The highest BCUT2D eigenvalue weighted by molar-refractivity contribution is 5.95. The Bertz CT molecular complexity index is 395. The predicted molar refractivity (Wildman–Crippen MR) is 65.2 cm³/mol. The lowest BCUT2D eigenvalue weighted by Gasteiger charge is -2.31. The number of likely N-dealkylation sites (tertiary alicyclic amines) is 1. The molecule has 2 N–H and O–H groups in total. The minimum Gasteiger partial charge on any atom is -0.399 e. The summed E-state index contributed by atoms with van der Waals surface area (Å²) in [6, 6.07) is 7.14. The predicted octanol–water partition coefficient (Wildman–Crippen LogP) is 2.28. The topological polar surface area (TPSA) is 46.3 Å². The summed E-state index contributed by atoms with van der Waals surface area (Å²) in [5, 5.41) is 0. The first-order valence-electron chi connectivity index (χ1n) is 5.68. The maximum atomic E-state index is 12.3. The second-order valence-corrected chi connectivity index (χ2v) is 4.99. The highest BCUT2D eigenvalue weighted by Crippen LogP contribution is 2.29. The van der Waals surface area contributed by atoms with Gasteiger partial charge in [0.1, 0.15) is 0 Å². The number of benzene rings is 1. The molecule has 1 amide bonds. The molecule has 0 atom stereocenters. The Kier molecular flexibility index (Phi) is 2.62. The van der Waals surface area contributed by atoms with E-state index in [4.69, 9.17) is 5.73 Å². The largest absolute Gasteiger partial charge is 0.399 e. The van der Waals surface area contributed by atoms with Gasteiger partial charge >= 0.3 is 0 Å². The molecule has 0 bridgehead atoms. The van der Waals surface area contributed by atoms with E-state index in [-0.39, 0.29) is 11.4 Å². The van der Waals surface area contributed by atoms with Crippen LogP contribution in [0.15, 0.2) is 24.3 Å². The monoisotopic (exact) mass is 218 g/mol. The van der Waals surface area contributed by atoms with E-state index in [1.54, 1.807) is 24.3 Å². The van der Waals surface area contributed by atoms with E-state index in [1.807, 2.05) is 4.90 Å². The number of amides is 1. The number of hydrogen-bond acceptors (Lipinski definition) is 2. The number of nitrogens with zero attached hydrogens (tertiary/aromatic N) is 1. The molecule has 0 unspecified atom stereocenters. The average molecular weight is 218 g/mol. The maximum Gasteiger partial charge on any atom is 0.254 e. The van der Waals surface area contributed by atoms with Crippen molar-refractivity contribution in [3.8, 4) is 0 Å². The van der Waals surface area contributed by atoms with Crippen LogP contribution in [0.5, 0.6) is 0 Å². The summed E-state index contributed by atoms with van der Waals surface area (Å²) in [5.41, 5.74) is 7.01. The number of anilines is 1. The zero-order valence-electron chi connectivity index (χ0n) is 9.86. The van der Waals surface area contributed by atoms with Crippen LogP contribution in [0.4, 0.5) is 5.69 Å². The van der Waals surface area contributed by atoms with E-state index >= 15 is 0 Å². The van der Waals surface area contributed by atoms with Crippen molar-refractivity contribution in [3.05, 3.63) is 29.8 Å². The molecule has 16 heavy (non-hydrogen) atoms. The molecular formula is C13H18N2O. The molecule has 0 spiro atoms. The highest BCUT2D eigenvalue weighted by atomic mass is 16.2. The average Bonchev–Trinajstić information content (AvgIpc) is 2.58. The Morgan fingerprint density at radius 1 is 1.31 bits per heavy atom. The quantitative estimate of drug-likeness (QED) is 0.735. The molecule has 0 saturated carbocycles. The van der Waals surface area contributed by atoms with Crippen molar-refractivity contribution in [2.45, 2.75) is 32.2 Å². The lowest BCUT2D eigenvalue weighted by Crippen LogP contribution is -2.42. The van der Waals surface area contributed by atoms with Gasteiger partial charge in [-0.1, -0.05) is 0 Å². The van der Waals surface area contributed by atoms with Crippen LogP contribution in [0, 0.1) is 0 Å². The number of nitrogens with two attached hydrogens (primary N) is 1. The van der Waals surface area contributed by atoms with E-state index in [0.717, 1.165) is 24.9 Å². The number of carbonyl (C=O) groups excluding carboxylic acids is 1. The van der Waals surface area contributed by atoms with Crippen LogP contribution in [0.2, 0.25) is 0 Å². The SMILES string of the molecule is CC1(C)CCCN1C(=O)c1ccc(N)cc1. The van der Waals surface area contributed by atoms with Gasteiger partial charge in [-0.2, -0.15) is 0 Å². The summed E-state index contributed by atoms with van der Waals surface area (Å²) in [7, 11) is 0. The fourth-order valence-electron chi connectivity index (χ4n) is 2.27. The van der Waals surface area contributed by atoms with E-state index in [1.165, 1.54) is 0 Å². The van der Waals surface area contributed by atoms with Gasteiger partial charge in [-0.05, 0) is 51.0 Å². The van der Waals surface area contributed by atoms with Crippen LogP contribution < -0.4 is 5.73 Å². The molecule has 1 aromatic rings. The molecule has 0 radical (unpaired) electrons. The minimum atomic E-state index is -0.0154. The molecule has 1 heterocycles. The van der Waals surface area contributed by atoms with Gasteiger partial charge < -0.3 is 10.6 Å². The van der Waals surface area contributed by atoms with Crippen molar-refractivity contribution >= 4 is 11.6 Å². The lowest BCUT2D eigenvalue weighted by molar-refractivity contribution is 0.0652. The summed E-state index contributed by atoms with van der Waals surface area (Å²) < 4.78 is 0. The molecular weight excluding hydrogens is 200 g/mol. The van der Waals surface area contributed by atoms with Crippen LogP contribution in [0.1, 0.15) is 37.0 Å². The maximum absolute atomic E-state index is 12.3. The lowest BCUT2D eigenvalue weighted by atomic mass is 10.0. The van der Waals surface area contributed by atoms with Crippen molar-refractivity contribution in [1.82, 2.24) is 4.90 Å². The molecule has 0 aromatic heterocycles. The Balaban J connectivity index is 2.22. The van der Waals surface area contributed by atoms with Gasteiger partial charge in [0.05, 0.1) is 0 Å². The molecule has 1 aliphatic heterocycles. The van der Waals surface area contributed by atoms with Gasteiger partial charge in [0.25, 0.3) is 5.91 Å². The standard InChI is InChI=1S/C13H18N2O/c1-13(2)8-3-9-15(13)12(16)10-4-6-11(14)7-5-10/h4-7H,3,8-9,14H2,1-2H3. The summed E-state index contributed by atoms with van der Waals surface area (Å²) in [4.78, 5) is 14.2. The Morgan fingerprint density at radius 2 is 1.94 bits per heavy atom. The van der Waals surface area contributed by atoms with Gasteiger partial charge in [0.2, 0.25) is 0 Å². The molecule has 1 fully saturated rings. The van der Waals surface area contributed by atoms with Gasteiger partial charge in [-0.3, -0.25) is 4.79 Å². The molecule has 2 rings (SSSR count). The van der Waals surface area contributed by atoms with Gasteiger partial charge in [-0.15, -0.1) is 0 Å². The molecule has 1 aliphatic rings. The number of rotatable bonds is 1. The minimum absolute atomic E-state index is 0.0154. The molecule has 3 nitrogen and oxygen atoms in total. The van der Waals surface area contributed by atoms with Gasteiger partial charge in [0.15, 0.2) is 0 Å². The molecule has 3 heteroatoms. The number of nitrogen functional groups attached to an aromatic ring is 1. The smallest absolute Gasteiger partial charge is 0.254 e. The van der Waals surface area contributed by atoms with E-state index in [0.29, 0.717) is 5.69 Å². The summed E-state index contributed by atoms with van der Waals surface area (Å²) in [6.07, 6.45) is 2.17. The molecule has 0 aliphatic carbocycles.